The smallest absolute Gasteiger partial charge is 0.201 e. The van der Waals surface area contributed by atoms with E-state index in [0.29, 0.717) is 5.56 Å². The van der Waals surface area contributed by atoms with Gasteiger partial charge in [-0.15, -0.1) is 0 Å². The third-order valence-corrected chi connectivity index (χ3v) is 4.56. The number of halogens is 2. The molecule has 3 aromatic rings. The summed E-state index contributed by atoms with van der Waals surface area (Å²) in [5, 5.41) is 0. The van der Waals surface area contributed by atoms with Crippen molar-refractivity contribution in [2.45, 2.75) is 26.7 Å². The summed E-state index contributed by atoms with van der Waals surface area (Å²) >= 11 is 0. The maximum atomic E-state index is 14.4. The molecular formula is C25H24F2O. The van der Waals surface area contributed by atoms with E-state index >= 15 is 0 Å². The molecule has 0 unspecified atom stereocenters. The highest BCUT2D eigenvalue weighted by Gasteiger charge is 2.15. The Kier molecular flexibility index (Phi) is 6.59. The molecule has 0 aromatic heterocycles. The van der Waals surface area contributed by atoms with Crippen molar-refractivity contribution in [2.75, 3.05) is 6.61 Å². The first-order valence-electron chi connectivity index (χ1n) is 9.60. The molecule has 0 bridgehead atoms. The molecule has 0 aliphatic rings. The molecule has 0 N–H and O–H groups in total. The van der Waals surface area contributed by atoms with E-state index < -0.39 is 11.6 Å². The highest BCUT2D eigenvalue weighted by Crippen LogP contribution is 2.30. The van der Waals surface area contributed by atoms with Crippen molar-refractivity contribution in [2.24, 2.45) is 0 Å². The van der Waals surface area contributed by atoms with Crippen molar-refractivity contribution in [3.8, 4) is 16.9 Å². The molecule has 0 spiro atoms. The summed E-state index contributed by atoms with van der Waals surface area (Å²) in [5.41, 5.74) is 4.31. The van der Waals surface area contributed by atoms with Crippen LogP contribution in [-0.2, 0) is 6.42 Å². The summed E-state index contributed by atoms with van der Waals surface area (Å²) in [4.78, 5) is 0. The van der Waals surface area contributed by atoms with Crippen LogP contribution in [0.2, 0.25) is 0 Å². The predicted octanol–water partition coefficient (Wildman–Crippen LogP) is 7.15. The van der Waals surface area contributed by atoms with Gasteiger partial charge in [-0.25, -0.2) is 4.39 Å². The van der Waals surface area contributed by atoms with Gasteiger partial charge in [0.25, 0.3) is 0 Å². The van der Waals surface area contributed by atoms with Gasteiger partial charge in [-0.1, -0.05) is 74.0 Å². The first-order valence-corrected chi connectivity index (χ1v) is 9.60. The van der Waals surface area contributed by atoms with Crippen molar-refractivity contribution in [3.05, 3.63) is 89.0 Å². The highest BCUT2D eigenvalue weighted by atomic mass is 19.2. The second-order valence-electron chi connectivity index (χ2n) is 6.62. The Morgan fingerprint density at radius 2 is 1.36 bits per heavy atom. The van der Waals surface area contributed by atoms with Crippen LogP contribution >= 0.6 is 0 Å². The number of ether oxygens (including phenoxy) is 1. The van der Waals surface area contributed by atoms with E-state index in [1.807, 2.05) is 24.3 Å². The van der Waals surface area contributed by atoms with Crippen molar-refractivity contribution in [3.63, 3.8) is 0 Å². The van der Waals surface area contributed by atoms with Gasteiger partial charge in [0.2, 0.25) is 5.82 Å². The Balaban J connectivity index is 1.75. The van der Waals surface area contributed by atoms with E-state index in [1.54, 1.807) is 25.1 Å². The fourth-order valence-corrected chi connectivity index (χ4v) is 3.07. The lowest BCUT2D eigenvalue weighted by molar-refractivity contribution is 0.314. The first-order chi connectivity index (χ1) is 13.6. The fourth-order valence-electron chi connectivity index (χ4n) is 3.07. The maximum absolute atomic E-state index is 14.4. The van der Waals surface area contributed by atoms with Gasteiger partial charge in [-0.05, 0) is 47.7 Å². The monoisotopic (exact) mass is 378 g/mol. The van der Waals surface area contributed by atoms with Crippen LogP contribution in [0.25, 0.3) is 23.3 Å². The number of rotatable bonds is 7. The second kappa shape index (κ2) is 9.32. The van der Waals surface area contributed by atoms with Crippen molar-refractivity contribution < 1.29 is 13.5 Å². The molecule has 28 heavy (non-hydrogen) atoms. The lowest BCUT2D eigenvalue weighted by atomic mass is 10.0. The van der Waals surface area contributed by atoms with Gasteiger partial charge in [-0.2, -0.15) is 4.39 Å². The van der Waals surface area contributed by atoms with Crippen LogP contribution in [0.15, 0.2) is 60.7 Å². The third-order valence-electron chi connectivity index (χ3n) is 4.56. The Labute approximate surface area is 165 Å². The van der Waals surface area contributed by atoms with E-state index in [2.05, 4.69) is 31.2 Å². The molecule has 0 amide bonds. The average molecular weight is 378 g/mol. The average Bonchev–Trinajstić information content (AvgIpc) is 2.72. The maximum Gasteiger partial charge on any atom is 0.201 e. The molecule has 0 radical (unpaired) electrons. The van der Waals surface area contributed by atoms with Crippen molar-refractivity contribution >= 4 is 12.2 Å². The third kappa shape index (κ3) is 4.66. The lowest BCUT2D eigenvalue weighted by Gasteiger charge is -2.09. The molecule has 3 heteroatoms. The molecule has 0 saturated heterocycles. The zero-order valence-corrected chi connectivity index (χ0v) is 16.2. The SMILES string of the molecule is CCCc1ccc(C=Cc2ccc(-c3ccc(OCC)c(F)c3F)cc2)cc1. The van der Waals surface area contributed by atoms with Gasteiger partial charge in [-0.3, -0.25) is 0 Å². The van der Waals surface area contributed by atoms with Crippen LogP contribution in [0.5, 0.6) is 5.75 Å². The summed E-state index contributed by atoms with van der Waals surface area (Å²) < 4.78 is 33.5. The molecule has 0 saturated carbocycles. The predicted molar refractivity (Wildman–Crippen MR) is 112 cm³/mol. The molecule has 0 fully saturated rings. The molecular weight excluding hydrogens is 354 g/mol. The van der Waals surface area contributed by atoms with Gasteiger partial charge >= 0.3 is 0 Å². The Morgan fingerprint density at radius 1 is 0.750 bits per heavy atom. The lowest BCUT2D eigenvalue weighted by Crippen LogP contribution is -1.98. The molecule has 0 aliphatic heterocycles. The summed E-state index contributed by atoms with van der Waals surface area (Å²) in [7, 11) is 0. The molecule has 3 aromatic carbocycles. The molecule has 0 atom stereocenters. The Morgan fingerprint density at radius 3 is 1.93 bits per heavy atom. The van der Waals surface area contributed by atoms with Crippen molar-refractivity contribution in [1.82, 2.24) is 0 Å². The van der Waals surface area contributed by atoms with E-state index in [1.165, 1.54) is 11.6 Å². The number of aryl methyl sites for hydroxylation is 1. The van der Waals surface area contributed by atoms with E-state index in [9.17, 15) is 8.78 Å². The summed E-state index contributed by atoms with van der Waals surface area (Å²) in [6, 6.07) is 18.9. The largest absolute Gasteiger partial charge is 0.491 e. The second-order valence-corrected chi connectivity index (χ2v) is 6.62. The standard InChI is InChI=1S/C25H24F2O/c1-3-5-18-6-8-19(9-7-18)10-11-20-12-14-21(15-13-20)22-16-17-23(28-4-2)25(27)24(22)26/h6-17H,3-5H2,1-2H3. The Hall–Kier alpha value is -2.94. The minimum absolute atomic E-state index is 0.0618. The highest BCUT2D eigenvalue weighted by molar-refractivity contribution is 5.72. The normalized spacial score (nSPS) is 11.1. The summed E-state index contributed by atoms with van der Waals surface area (Å²) in [6.07, 6.45) is 6.28. The van der Waals surface area contributed by atoms with Crippen molar-refractivity contribution in [1.29, 1.82) is 0 Å². The van der Waals surface area contributed by atoms with Crippen LogP contribution in [-0.4, -0.2) is 6.61 Å². The van der Waals surface area contributed by atoms with Gasteiger partial charge in [0, 0.05) is 5.56 Å². The molecule has 1 nitrogen and oxygen atoms in total. The van der Waals surface area contributed by atoms with Gasteiger partial charge in [0.15, 0.2) is 11.6 Å². The van der Waals surface area contributed by atoms with Crippen LogP contribution < -0.4 is 4.74 Å². The van der Waals surface area contributed by atoms with Gasteiger partial charge in [0.05, 0.1) is 6.61 Å². The van der Waals surface area contributed by atoms with Gasteiger partial charge < -0.3 is 4.74 Å². The zero-order chi connectivity index (χ0) is 19.9. The topological polar surface area (TPSA) is 9.23 Å². The number of benzene rings is 3. The van der Waals surface area contributed by atoms with Crippen LogP contribution in [0.1, 0.15) is 37.0 Å². The first kappa shape index (κ1) is 19.8. The number of hydrogen-bond acceptors (Lipinski definition) is 1. The molecule has 144 valence electrons. The molecule has 0 heterocycles. The summed E-state index contributed by atoms with van der Waals surface area (Å²) in [6.45, 7) is 4.19. The quantitative estimate of drug-likeness (QED) is 0.397. The van der Waals surface area contributed by atoms with E-state index in [0.717, 1.165) is 24.0 Å². The Bertz CT molecular complexity index is 942. The van der Waals surface area contributed by atoms with Crippen LogP contribution in [0.3, 0.4) is 0 Å². The van der Waals surface area contributed by atoms with Gasteiger partial charge in [0.1, 0.15) is 0 Å². The minimum Gasteiger partial charge on any atom is -0.491 e. The van der Waals surface area contributed by atoms with Crippen LogP contribution in [0, 0.1) is 11.6 Å². The number of hydrogen-bond donors (Lipinski definition) is 0. The molecule has 0 aliphatic carbocycles. The molecule has 3 rings (SSSR count). The van der Waals surface area contributed by atoms with E-state index in [-0.39, 0.29) is 17.9 Å². The fraction of sp³-hybridized carbons (Fsp3) is 0.200. The summed E-state index contributed by atoms with van der Waals surface area (Å²) in [5.74, 6) is -1.90. The van der Waals surface area contributed by atoms with E-state index in [4.69, 9.17) is 4.74 Å². The zero-order valence-electron chi connectivity index (χ0n) is 16.2. The van der Waals surface area contributed by atoms with Crippen LogP contribution in [0.4, 0.5) is 8.78 Å². The minimum atomic E-state index is -0.949.